The number of hydrogen-bond acceptors (Lipinski definition) is 6. The zero-order chi connectivity index (χ0) is 30.8. The first-order valence-electron chi connectivity index (χ1n) is 15.0. The fraction of sp³-hybridized carbons (Fsp3) is 0.457. The Morgan fingerprint density at radius 1 is 1.20 bits per heavy atom. The minimum Gasteiger partial charge on any atom is -0.489 e. The molecule has 0 radical (unpaired) electrons. The van der Waals surface area contributed by atoms with E-state index >= 15 is 0 Å². The van der Waals surface area contributed by atoms with Crippen molar-refractivity contribution in [3.8, 4) is 11.8 Å². The summed E-state index contributed by atoms with van der Waals surface area (Å²) in [5.41, 5.74) is 9.03. The number of benzene rings is 1. The standard InChI is InChI=1S/C31H37N3O3.2C2H6/c1-6-9-27(23-10-13-31(24(19-23)20-32)37-25-14-16-36-17-15-25)26(7-2)21(4)18-22(5)28-11-12-29(34-33-28)30(35)8-3;2*1-2/h6,9-13,18-19,25,28,33H,4,7-8,14-17H2,1-3,5H3;2*1-2H3/b9-6-,22-18+,27-26+;;. The molecule has 1 saturated heterocycles. The molecule has 2 aliphatic heterocycles. The van der Waals surface area contributed by atoms with Crippen molar-refractivity contribution in [2.24, 2.45) is 5.10 Å². The van der Waals surface area contributed by atoms with Crippen molar-refractivity contribution < 1.29 is 14.3 Å². The first-order chi connectivity index (χ1) is 19.9. The van der Waals surface area contributed by atoms with Crippen LogP contribution in [0.1, 0.15) is 92.2 Å². The van der Waals surface area contributed by atoms with Gasteiger partial charge in [0.05, 0.1) is 24.8 Å². The van der Waals surface area contributed by atoms with Gasteiger partial charge in [-0.15, -0.1) is 0 Å². The average molecular weight is 560 g/mol. The molecule has 222 valence electrons. The summed E-state index contributed by atoms with van der Waals surface area (Å²) in [5.74, 6) is 0.628. The van der Waals surface area contributed by atoms with Crippen molar-refractivity contribution in [3.05, 3.63) is 83.0 Å². The van der Waals surface area contributed by atoms with Crippen LogP contribution in [-0.4, -0.2) is 36.9 Å². The predicted octanol–water partition coefficient (Wildman–Crippen LogP) is 8.27. The Kier molecular flexibility index (Phi) is 16.7. The van der Waals surface area contributed by atoms with Crippen LogP contribution in [-0.2, 0) is 9.53 Å². The molecule has 0 amide bonds. The molecule has 0 saturated carbocycles. The van der Waals surface area contributed by atoms with E-state index in [1.54, 1.807) is 6.08 Å². The molecule has 41 heavy (non-hydrogen) atoms. The number of carbonyl (C=O) groups is 1. The summed E-state index contributed by atoms with van der Waals surface area (Å²) in [7, 11) is 0. The number of Topliss-reactive ketones (excluding diaryl/α,β-unsaturated/α-hetero) is 1. The second-order valence-corrected chi connectivity index (χ2v) is 9.15. The second kappa shape index (κ2) is 19.4. The molecule has 0 aliphatic carbocycles. The van der Waals surface area contributed by atoms with Crippen molar-refractivity contribution in [1.82, 2.24) is 5.43 Å². The Balaban J connectivity index is 0.00000201. The number of nitrogens with zero attached hydrogens (tertiary/aromatic N) is 2. The third-order valence-electron chi connectivity index (χ3n) is 6.54. The SMILES string of the molecule is C=C(/C=C(\C)C1C=CC(C(=O)CC)=NN1)/C(CC)=C(\C=C/C)c1ccc(OC2CCOCC2)c(C#N)c1.CC.CC. The van der Waals surface area contributed by atoms with Gasteiger partial charge in [-0.3, -0.25) is 10.2 Å². The first-order valence-corrected chi connectivity index (χ1v) is 15.0. The second-order valence-electron chi connectivity index (χ2n) is 9.15. The lowest BCUT2D eigenvalue weighted by molar-refractivity contribution is -0.112. The lowest BCUT2D eigenvalue weighted by Gasteiger charge is -2.24. The van der Waals surface area contributed by atoms with E-state index < -0.39 is 0 Å². The van der Waals surface area contributed by atoms with Gasteiger partial charge in [0.1, 0.15) is 23.6 Å². The van der Waals surface area contributed by atoms with Crippen molar-refractivity contribution in [2.45, 2.75) is 93.2 Å². The number of carbonyl (C=O) groups excluding carboxylic acids is 1. The van der Waals surface area contributed by atoms with Gasteiger partial charge in [-0.05, 0) is 66.3 Å². The third kappa shape index (κ3) is 10.3. The number of ether oxygens (including phenoxy) is 2. The Labute approximate surface area is 248 Å². The molecule has 0 spiro atoms. The van der Waals surface area contributed by atoms with E-state index in [0.29, 0.717) is 36.7 Å². The molecule has 1 N–H and O–H groups in total. The smallest absolute Gasteiger partial charge is 0.182 e. The summed E-state index contributed by atoms with van der Waals surface area (Å²) < 4.78 is 11.6. The lowest BCUT2D eigenvalue weighted by Crippen LogP contribution is -2.30. The van der Waals surface area contributed by atoms with Crippen LogP contribution in [0.3, 0.4) is 0 Å². The molecule has 3 rings (SSSR count). The maximum absolute atomic E-state index is 11.9. The Hall–Kier alpha value is -3.69. The first kappa shape index (κ1) is 35.3. The van der Waals surface area contributed by atoms with Gasteiger partial charge in [0.25, 0.3) is 0 Å². The van der Waals surface area contributed by atoms with Crippen LogP contribution in [0.2, 0.25) is 0 Å². The summed E-state index contributed by atoms with van der Waals surface area (Å²) in [4.78, 5) is 11.9. The van der Waals surface area contributed by atoms with Gasteiger partial charge in [-0.25, -0.2) is 0 Å². The molecule has 1 atom stereocenters. The fourth-order valence-corrected chi connectivity index (χ4v) is 4.44. The van der Waals surface area contributed by atoms with Crippen LogP contribution >= 0.6 is 0 Å². The number of allylic oxidation sites excluding steroid dienone is 7. The van der Waals surface area contributed by atoms with Crippen molar-refractivity contribution in [2.75, 3.05) is 13.2 Å². The van der Waals surface area contributed by atoms with Crippen molar-refractivity contribution >= 4 is 17.1 Å². The van der Waals surface area contributed by atoms with Crippen LogP contribution in [0.25, 0.3) is 5.57 Å². The molecule has 0 aromatic heterocycles. The van der Waals surface area contributed by atoms with Crippen molar-refractivity contribution in [1.29, 1.82) is 5.26 Å². The topological polar surface area (TPSA) is 83.7 Å². The quantitative estimate of drug-likeness (QED) is 0.292. The van der Waals surface area contributed by atoms with E-state index in [0.717, 1.165) is 47.1 Å². The van der Waals surface area contributed by atoms with E-state index in [2.05, 4.69) is 42.3 Å². The molecule has 2 aliphatic rings. The number of rotatable bonds is 10. The number of ketones is 1. The van der Waals surface area contributed by atoms with Gasteiger partial charge in [-0.2, -0.15) is 10.4 Å². The number of nitriles is 1. The minimum atomic E-state index is -0.111. The molecule has 0 bridgehead atoms. The Morgan fingerprint density at radius 3 is 2.41 bits per heavy atom. The number of hydrogen-bond donors (Lipinski definition) is 1. The zero-order valence-corrected chi connectivity index (χ0v) is 26.3. The summed E-state index contributed by atoms with van der Waals surface area (Å²) in [6, 6.07) is 8.01. The highest BCUT2D eigenvalue weighted by molar-refractivity contribution is 6.44. The highest BCUT2D eigenvalue weighted by Gasteiger charge is 2.19. The molecule has 1 unspecified atom stereocenters. The fourth-order valence-electron chi connectivity index (χ4n) is 4.44. The number of hydrazone groups is 1. The maximum atomic E-state index is 11.9. The molecule has 1 aromatic carbocycles. The molecular formula is C35H49N3O3. The molecule has 6 nitrogen and oxygen atoms in total. The van der Waals surface area contributed by atoms with Crippen LogP contribution in [0.5, 0.6) is 5.75 Å². The van der Waals surface area contributed by atoms with Crippen LogP contribution in [0.4, 0.5) is 0 Å². The van der Waals surface area contributed by atoms with E-state index in [1.165, 1.54) is 0 Å². The van der Waals surface area contributed by atoms with Crippen LogP contribution in [0, 0.1) is 11.3 Å². The molecular weight excluding hydrogens is 510 g/mol. The van der Waals surface area contributed by atoms with Gasteiger partial charge in [-0.1, -0.05) is 78.5 Å². The van der Waals surface area contributed by atoms with Gasteiger partial charge in [0.15, 0.2) is 5.78 Å². The van der Waals surface area contributed by atoms with E-state index in [-0.39, 0.29) is 17.9 Å². The largest absolute Gasteiger partial charge is 0.489 e. The van der Waals surface area contributed by atoms with E-state index in [4.69, 9.17) is 9.47 Å². The van der Waals surface area contributed by atoms with Gasteiger partial charge in [0.2, 0.25) is 0 Å². The maximum Gasteiger partial charge on any atom is 0.182 e. The van der Waals surface area contributed by atoms with Gasteiger partial charge < -0.3 is 9.47 Å². The van der Waals surface area contributed by atoms with Gasteiger partial charge >= 0.3 is 0 Å². The summed E-state index contributed by atoms with van der Waals surface area (Å²) in [6.45, 7) is 21.7. The monoisotopic (exact) mass is 559 g/mol. The van der Waals surface area contributed by atoms with Crippen LogP contribution < -0.4 is 10.2 Å². The molecule has 1 aromatic rings. The average Bonchev–Trinajstić information content (AvgIpc) is 3.03. The highest BCUT2D eigenvalue weighted by Crippen LogP contribution is 2.32. The van der Waals surface area contributed by atoms with E-state index in [9.17, 15) is 10.1 Å². The van der Waals surface area contributed by atoms with Crippen molar-refractivity contribution in [3.63, 3.8) is 0 Å². The Morgan fingerprint density at radius 2 is 1.88 bits per heavy atom. The minimum absolute atomic E-state index is 0.0151. The van der Waals surface area contributed by atoms with E-state index in [1.807, 2.05) is 78.8 Å². The Bertz CT molecular complexity index is 1210. The summed E-state index contributed by atoms with van der Waals surface area (Å²) >= 11 is 0. The lowest BCUT2D eigenvalue weighted by atomic mass is 9.90. The summed E-state index contributed by atoms with van der Waals surface area (Å²) in [5, 5.41) is 14.1. The van der Waals surface area contributed by atoms with Gasteiger partial charge in [0, 0.05) is 19.3 Å². The molecule has 2 heterocycles. The normalized spacial score (nSPS) is 17.5. The zero-order valence-electron chi connectivity index (χ0n) is 26.3. The summed E-state index contributed by atoms with van der Waals surface area (Å²) in [6.07, 6.45) is 12.8. The molecule has 6 heteroatoms. The van der Waals surface area contributed by atoms with Crippen LogP contribution in [0.15, 0.2) is 77.0 Å². The third-order valence-corrected chi connectivity index (χ3v) is 6.54. The molecule has 1 fully saturated rings. The predicted molar refractivity (Wildman–Crippen MR) is 172 cm³/mol. The number of nitrogens with one attached hydrogen (secondary N) is 1. The highest BCUT2D eigenvalue weighted by atomic mass is 16.5.